The van der Waals surface area contributed by atoms with Gasteiger partial charge in [-0.3, -0.25) is 24.1 Å². The van der Waals surface area contributed by atoms with Gasteiger partial charge in [0, 0.05) is 21.0 Å². The molecule has 7 nitrogen and oxygen atoms in total. The summed E-state index contributed by atoms with van der Waals surface area (Å²) in [6, 6.07) is 27.0. The number of carbonyl (C=O) groups is 4. The Kier molecular flexibility index (Phi) is 7.29. The van der Waals surface area contributed by atoms with Crippen LogP contribution in [0.1, 0.15) is 29.9 Å². The van der Waals surface area contributed by atoms with Crippen LogP contribution in [0.2, 0.25) is 15.1 Å². The number of rotatable bonds is 4. The molecule has 2 heterocycles. The average molecular weight is 698 g/mol. The number of carbonyl (C=O) groups excluding carboxylic acids is 4. The molecule has 6 atom stereocenters. The van der Waals surface area contributed by atoms with E-state index in [2.05, 4.69) is 0 Å². The van der Waals surface area contributed by atoms with Crippen LogP contribution in [0, 0.1) is 23.7 Å². The molecule has 0 spiro atoms. The lowest BCUT2D eigenvalue weighted by atomic mass is 9.49. The van der Waals surface area contributed by atoms with Crippen LogP contribution in [-0.2, 0) is 24.6 Å². The molecule has 0 bridgehead atoms. The maximum atomic E-state index is 15.2. The second-order valence-electron chi connectivity index (χ2n) is 12.8. The quantitative estimate of drug-likeness (QED) is 0.174. The van der Waals surface area contributed by atoms with Crippen molar-refractivity contribution < 1.29 is 24.3 Å². The lowest BCUT2D eigenvalue weighted by Gasteiger charge is -2.51. The molecular formula is C38H27Cl3N2O5. The van der Waals surface area contributed by atoms with Crippen LogP contribution in [0.4, 0.5) is 11.4 Å². The summed E-state index contributed by atoms with van der Waals surface area (Å²) in [6.07, 6.45) is 2.40. The Hall–Kier alpha value is -4.43. The molecular weight excluding hydrogens is 671 g/mol. The molecule has 240 valence electrons. The second-order valence-corrected chi connectivity index (χ2v) is 14.1. The SMILES string of the molecule is O=C1[C@H]2[C@H](CC=C3[C@H]2C[C@H]2C(=O)N(c4cccc(Cl)c4)C(=O)[C@@]2(c2ccccc2)[C@H]3c2ccc(O)cc2Cl)C(=O)N1c1ccc(Cl)cc1. The van der Waals surface area contributed by atoms with Gasteiger partial charge in [0.25, 0.3) is 0 Å². The molecule has 4 aromatic carbocycles. The molecule has 2 aliphatic heterocycles. The Morgan fingerprint density at radius 1 is 0.688 bits per heavy atom. The molecule has 4 aliphatic rings. The summed E-state index contributed by atoms with van der Waals surface area (Å²) in [7, 11) is 0. The molecule has 48 heavy (non-hydrogen) atoms. The summed E-state index contributed by atoms with van der Waals surface area (Å²) in [6.45, 7) is 0. The van der Waals surface area contributed by atoms with Crippen LogP contribution in [-0.4, -0.2) is 28.7 Å². The van der Waals surface area contributed by atoms with E-state index in [-0.39, 0.29) is 35.4 Å². The number of aromatic hydroxyl groups is 1. The van der Waals surface area contributed by atoms with Crippen LogP contribution in [0.5, 0.6) is 5.75 Å². The van der Waals surface area contributed by atoms with Gasteiger partial charge in [-0.25, -0.2) is 4.90 Å². The Balaban J connectivity index is 1.36. The van der Waals surface area contributed by atoms with Crippen molar-refractivity contribution in [3.05, 3.63) is 135 Å². The zero-order chi connectivity index (χ0) is 33.5. The van der Waals surface area contributed by atoms with E-state index >= 15 is 4.79 Å². The van der Waals surface area contributed by atoms with Gasteiger partial charge < -0.3 is 5.11 Å². The van der Waals surface area contributed by atoms with Crippen molar-refractivity contribution in [1.29, 1.82) is 0 Å². The number of benzene rings is 4. The zero-order valence-electron chi connectivity index (χ0n) is 25.2. The van der Waals surface area contributed by atoms with E-state index in [1.165, 1.54) is 21.9 Å². The highest BCUT2D eigenvalue weighted by Gasteiger charge is 2.70. The standard InChI is InChI=1S/C38H27Cl3N2O5/c39-21-9-11-23(12-10-21)42-34(45)28-16-15-26-29(32(28)36(42)47)19-30-35(46)43(24-8-4-7-22(40)17-24)37(48)38(30,20-5-2-1-3-6-20)33(26)27-14-13-25(44)18-31(27)41/h1-15,17-18,28-30,32-33,44H,16,19H2/t28-,29+,30-,32-,33+,38+/m0/s1. The molecule has 10 heteroatoms. The Morgan fingerprint density at radius 3 is 2.15 bits per heavy atom. The highest BCUT2D eigenvalue weighted by Crippen LogP contribution is 2.65. The van der Waals surface area contributed by atoms with Crippen molar-refractivity contribution in [3.8, 4) is 5.75 Å². The molecule has 8 rings (SSSR count). The summed E-state index contributed by atoms with van der Waals surface area (Å²) < 4.78 is 0. The molecule has 1 saturated carbocycles. The van der Waals surface area contributed by atoms with Crippen LogP contribution < -0.4 is 9.80 Å². The van der Waals surface area contributed by atoms with Crippen LogP contribution in [0.3, 0.4) is 0 Å². The fourth-order valence-electron chi connectivity index (χ4n) is 8.68. The minimum Gasteiger partial charge on any atom is -0.508 e. The van der Waals surface area contributed by atoms with Gasteiger partial charge in [-0.05, 0) is 84.5 Å². The summed E-state index contributed by atoms with van der Waals surface area (Å²) in [4.78, 5) is 60.7. The first-order valence-corrected chi connectivity index (χ1v) is 16.8. The first-order valence-electron chi connectivity index (χ1n) is 15.6. The van der Waals surface area contributed by atoms with Crippen molar-refractivity contribution in [2.75, 3.05) is 9.80 Å². The number of fused-ring (bicyclic) bond motifs is 4. The third-order valence-corrected chi connectivity index (χ3v) is 11.4. The Morgan fingerprint density at radius 2 is 1.44 bits per heavy atom. The van der Waals surface area contributed by atoms with Crippen LogP contribution in [0.15, 0.2) is 109 Å². The van der Waals surface area contributed by atoms with Gasteiger partial charge in [0.15, 0.2) is 0 Å². The smallest absolute Gasteiger partial charge is 0.246 e. The third-order valence-electron chi connectivity index (χ3n) is 10.5. The lowest BCUT2D eigenvalue weighted by molar-refractivity contribution is -0.127. The maximum absolute atomic E-state index is 15.2. The predicted molar refractivity (Wildman–Crippen MR) is 183 cm³/mol. The highest BCUT2D eigenvalue weighted by atomic mass is 35.5. The number of anilines is 2. The molecule has 2 aliphatic carbocycles. The normalized spacial score (nSPS) is 27.9. The van der Waals surface area contributed by atoms with Gasteiger partial charge in [-0.15, -0.1) is 0 Å². The summed E-state index contributed by atoms with van der Waals surface area (Å²) in [5.41, 5.74) is 1.25. The summed E-state index contributed by atoms with van der Waals surface area (Å²) >= 11 is 19.4. The first-order chi connectivity index (χ1) is 23.1. The number of imide groups is 2. The van der Waals surface area contributed by atoms with Crippen molar-refractivity contribution in [3.63, 3.8) is 0 Å². The van der Waals surface area contributed by atoms with Crippen LogP contribution >= 0.6 is 34.8 Å². The monoisotopic (exact) mass is 696 g/mol. The van der Waals surface area contributed by atoms with Crippen molar-refractivity contribution in [2.45, 2.75) is 24.2 Å². The highest BCUT2D eigenvalue weighted by molar-refractivity contribution is 6.33. The van der Waals surface area contributed by atoms with E-state index in [0.717, 1.165) is 5.57 Å². The van der Waals surface area contributed by atoms with Gasteiger partial charge in [0.2, 0.25) is 23.6 Å². The number of nitrogens with zero attached hydrogens (tertiary/aromatic N) is 2. The van der Waals surface area contributed by atoms with E-state index in [1.54, 1.807) is 54.6 Å². The molecule has 0 radical (unpaired) electrons. The number of phenolic OH excluding ortho intramolecular Hbond substituents is 1. The zero-order valence-corrected chi connectivity index (χ0v) is 27.5. The first kappa shape index (κ1) is 30.9. The van der Waals surface area contributed by atoms with E-state index in [4.69, 9.17) is 34.8 Å². The topological polar surface area (TPSA) is 95.0 Å². The molecule has 1 N–H and O–H groups in total. The predicted octanol–water partition coefficient (Wildman–Crippen LogP) is 7.72. The minimum absolute atomic E-state index is 0.0522. The summed E-state index contributed by atoms with van der Waals surface area (Å²) in [5.74, 6) is -5.24. The lowest BCUT2D eigenvalue weighted by Crippen LogP contribution is -2.53. The number of allylic oxidation sites excluding steroid dienone is 2. The van der Waals surface area contributed by atoms with Gasteiger partial charge in [0.1, 0.15) is 5.75 Å². The summed E-state index contributed by atoms with van der Waals surface area (Å²) in [5, 5.41) is 11.4. The number of halogens is 3. The van der Waals surface area contributed by atoms with Gasteiger partial charge in [0.05, 0.1) is 34.5 Å². The fourth-order valence-corrected chi connectivity index (χ4v) is 9.28. The van der Waals surface area contributed by atoms with E-state index in [0.29, 0.717) is 32.5 Å². The van der Waals surface area contributed by atoms with E-state index in [9.17, 15) is 19.5 Å². The Labute approximate surface area is 291 Å². The maximum Gasteiger partial charge on any atom is 0.246 e. The van der Waals surface area contributed by atoms with Crippen molar-refractivity contribution >= 4 is 69.8 Å². The largest absolute Gasteiger partial charge is 0.508 e. The van der Waals surface area contributed by atoms with Gasteiger partial charge in [-0.2, -0.15) is 0 Å². The van der Waals surface area contributed by atoms with E-state index in [1.807, 2.05) is 36.4 Å². The molecule has 0 aromatic heterocycles. The molecule has 0 unspecified atom stereocenters. The minimum atomic E-state index is -1.46. The van der Waals surface area contributed by atoms with Gasteiger partial charge >= 0.3 is 0 Å². The molecule has 2 saturated heterocycles. The Bertz CT molecular complexity index is 2070. The van der Waals surface area contributed by atoms with Crippen molar-refractivity contribution in [2.24, 2.45) is 23.7 Å². The van der Waals surface area contributed by atoms with Gasteiger partial charge in [-0.1, -0.05) is 88.9 Å². The molecule has 3 fully saturated rings. The molecule has 4 amide bonds. The fraction of sp³-hybridized carbons (Fsp3) is 0.211. The average Bonchev–Trinajstić information content (AvgIpc) is 3.46. The number of phenols is 1. The number of hydrogen-bond donors (Lipinski definition) is 1. The number of hydrogen-bond acceptors (Lipinski definition) is 5. The van der Waals surface area contributed by atoms with Crippen molar-refractivity contribution in [1.82, 2.24) is 0 Å². The third kappa shape index (κ3) is 4.34. The van der Waals surface area contributed by atoms with E-state index < -0.39 is 46.8 Å². The van der Waals surface area contributed by atoms with Crippen LogP contribution in [0.25, 0.3) is 0 Å². The second kappa shape index (κ2) is 11.3. The molecule has 4 aromatic rings. The number of amides is 4.